The number of anilines is 2. The summed E-state index contributed by atoms with van der Waals surface area (Å²) in [5.41, 5.74) is 0.603. The number of pyridine rings is 1. The van der Waals surface area contributed by atoms with E-state index in [1.54, 1.807) is 12.1 Å². The van der Waals surface area contributed by atoms with Crippen LogP contribution in [0.1, 0.15) is 5.56 Å². The molecule has 2 aliphatic heterocycles. The van der Waals surface area contributed by atoms with Crippen molar-refractivity contribution >= 4 is 23.2 Å². The smallest absolute Gasteiger partial charge is 0.173 e. The minimum absolute atomic E-state index is 0.293. The molecule has 0 bridgehead atoms. The van der Waals surface area contributed by atoms with E-state index in [0.29, 0.717) is 30.3 Å². The van der Waals surface area contributed by atoms with Crippen molar-refractivity contribution in [2.75, 3.05) is 49.1 Å². The first-order valence-electron chi connectivity index (χ1n) is 8.49. The Morgan fingerprint density at radius 2 is 2.00 bits per heavy atom. The molecule has 1 fully saturated rings. The first-order valence-corrected chi connectivity index (χ1v) is 8.87. The van der Waals surface area contributed by atoms with Crippen LogP contribution in [0.4, 0.5) is 16.0 Å². The van der Waals surface area contributed by atoms with E-state index in [2.05, 4.69) is 15.1 Å². The number of halogens is 2. The van der Waals surface area contributed by atoms with Crippen molar-refractivity contribution in [2.24, 2.45) is 0 Å². The molecular formula is C18H20ClFN4O. The minimum atomic E-state index is -0.293. The van der Waals surface area contributed by atoms with Crippen molar-refractivity contribution in [1.82, 2.24) is 10.3 Å². The predicted molar refractivity (Wildman–Crippen MR) is 97.3 cm³/mol. The molecule has 1 N–H and O–H groups in total. The van der Waals surface area contributed by atoms with Gasteiger partial charge >= 0.3 is 0 Å². The second-order valence-electron chi connectivity index (χ2n) is 6.23. The Labute approximate surface area is 151 Å². The van der Waals surface area contributed by atoms with Crippen LogP contribution in [-0.2, 0) is 6.54 Å². The van der Waals surface area contributed by atoms with E-state index < -0.39 is 0 Å². The summed E-state index contributed by atoms with van der Waals surface area (Å²) in [6.07, 6.45) is 0. The Kier molecular flexibility index (Phi) is 4.63. The van der Waals surface area contributed by atoms with Crippen molar-refractivity contribution in [3.63, 3.8) is 0 Å². The number of fused-ring (bicyclic) bond motifs is 1. The normalized spacial score (nSPS) is 17.2. The molecule has 0 saturated carbocycles. The number of nitrogens with zero attached hydrogens (tertiary/aromatic N) is 3. The largest absolute Gasteiger partial charge is 0.488 e. The van der Waals surface area contributed by atoms with Gasteiger partial charge in [0.25, 0.3) is 0 Å². The summed E-state index contributed by atoms with van der Waals surface area (Å²) in [5, 5.41) is 3.75. The highest BCUT2D eigenvalue weighted by atomic mass is 35.5. The predicted octanol–water partition coefficient (Wildman–Crippen LogP) is 2.68. The molecule has 0 radical (unpaired) electrons. The van der Waals surface area contributed by atoms with Crippen molar-refractivity contribution in [3.05, 3.63) is 46.7 Å². The van der Waals surface area contributed by atoms with Gasteiger partial charge in [0.15, 0.2) is 11.6 Å². The molecule has 0 aliphatic carbocycles. The quantitative estimate of drug-likeness (QED) is 0.909. The molecule has 0 atom stereocenters. The van der Waals surface area contributed by atoms with E-state index in [0.717, 1.165) is 43.6 Å². The van der Waals surface area contributed by atoms with Gasteiger partial charge in [0.05, 0.1) is 6.54 Å². The molecule has 25 heavy (non-hydrogen) atoms. The zero-order valence-electron chi connectivity index (χ0n) is 13.8. The average Bonchev–Trinajstić information content (AvgIpc) is 2.64. The summed E-state index contributed by atoms with van der Waals surface area (Å²) in [6.45, 7) is 5.45. The molecule has 5 nitrogen and oxygen atoms in total. The van der Waals surface area contributed by atoms with E-state index in [1.165, 1.54) is 6.07 Å². The van der Waals surface area contributed by atoms with E-state index in [1.807, 2.05) is 12.1 Å². The Hall–Kier alpha value is -2.05. The molecule has 0 amide bonds. The molecular weight excluding hydrogens is 343 g/mol. The third kappa shape index (κ3) is 3.50. The summed E-state index contributed by atoms with van der Waals surface area (Å²) in [4.78, 5) is 9.14. The number of aromatic nitrogens is 1. The van der Waals surface area contributed by atoms with Gasteiger partial charge in [-0.05, 0) is 24.3 Å². The Morgan fingerprint density at radius 1 is 1.16 bits per heavy atom. The van der Waals surface area contributed by atoms with Crippen molar-refractivity contribution in [2.45, 2.75) is 6.54 Å². The van der Waals surface area contributed by atoms with Gasteiger partial charge in [-0.3, -0.25) is 0 Å². The Balaban J connectivity index is 1.61. The number of ether oxygens (including phenoxy) is 1. The fourth-order valence-corrected chi connectivity index (χ4v) is 3.37. The highest BCUT2D eigenvalue weighted by Crippen LogP contribution is 2.33. The zero-order valence-corrected chi connectivity index (χ0v) is 14.6. The fraction of sp³-hybridized carbons (Fsp3) is 0.389. The molecule has 7 heteroatoms. The molecule has 3 heterocycles. The first-order chi connectivity index (χ1) is 12.2. The first kappa shape index (κ1) is 16.4. The SMILES string of the molecule is Fc1cc(Cl)ccc1CN1CCOc2ccc(N3CCNCC3)nc21. The van der Waals surface area contributed by atoms with Gasteiger partial charge in [-0.2, -0.15) is 0 Å². The number of hydrogen-bond donors (Lipinski definition) is 1. The lowest BCUT2D eigenvalue weighted by Crippen LogP contribution is -2.44. The van der Waals surface area contributed by atoms with Crippen LogP contribution in [0.3, 0.4) is 0 Å². The highest BCUT2D eigenvalue weighted by molar-refractivity contribution is 6.30. The fourth-order valence-electron chi connectivity index (χ4n) is 3.22. The van der Waals surface area contributed by atoms with Crippen LogP contribution in [-0.4, -0.2) is 44.3 Å². The summed E-state index contributed by atoms with van der Waals surface area (Å²) in [5.74, 6) is 2.17. The number of nitrogens with one attached hydrogen (secondary N) is 1. The van der Waals surface area contributed by atoms with Crippen molar-refractivity contribution in [1.29, 1.82) is 0 Å². The second kappa shape index (κ2) is 7.06. The van der Waals surface area contributed by atoms with Crippen LogP contribution in [0.5, 0.6) is 5.75 Å². The maximum Gasteiger partial charge on any atom is 0.173 e. The maximum absolute atomic E-state index is 14.2. The maximum atomic E-state index is 14.2. The van der Waals surface area contributed by atoms with Crippen LogP contribution in [0.25, 0.3) is 0 Å². The Bertz CT molecular complexity index is 767. The van der Waals surface area contributed by atoms with E-state index >= 15 is 0 Å². The molecule has 1 saturated heterocycles. The Morgan fingerprint density at radius 3 is 2.80 bits per heavy atom. The number of hydrogen-bond acceptors (Lipinski definition) is 5. The lowest BCUT2D eigenvalue weighted by molar-refractivity contribution is 0.304. The lowest BCUT2D eigenvalue weighted by Gasteiger charge is -2.33. The summed E-state index contributed by atoms with van der Waals surface area (Å²) < 4.78 is 19.9. The molecule has 4 rings (SSSR count). The van der Waals surface area contributed by atoms with Gasteiger partial charge in [-0.1, -0.05) is 17.7 Å². The standard InChI is InChI=1S/C18H20ClFN4O/c19-14-2-1-13(15(20)11-14)12-24-9-10-25-16-3-4-17(22-18(16)24)23-7-5-21-6-8-23/h1-4,11,21H,5-10,12H2. The van der Waals surface area contributed by atoms with Gasteiger partial charge in [0.2, 0.25) is 0 Å². The number of benzene rings is 1. The summed E-state index contributed by atoms with van der Waals surface area (Å²) in [6, 6.07) is 8.75. The van der Waals surface area contributed by atoms with E-state index in [4.69, 9.17) is 21.3 Å². The van der Waals surface area contributed by atoms with Crippen molar-refractivity contribution in [3.8, 4) is 5.75 Å². The van der Waals surface area contributed by atoms with Crippen LogP contribution >= 0.6 is 11.6 Å². The van der Waals surface area contributed by atoms with Crippen molar-refractivity contribution < 1.29 is 9.13 Å². The minimum Gasteiger partial charge on any atom is -0.488 e. The third-order valence-corrected chi connectivity index (χ3v) is 4.80. The lowest BCUT2D eigenvalue weighted by atomic mass is 10.2. The summed E-state index contributed by atoms with van der Waals surface area (Å²) in [7, 11) is 0. The van der Waals surface area contributed by atoms with E-state index in [9.17, 15) is 4.39 Å². The number of rotatable bonds is 3. The molecule has 2 aliphatic rings. The van der Waals surface area contributed by atoms with Gasteiger partial charge in [-0.25, -0.2) is 9.37 Å². The molecule has 0 unspecified atom stereocenters. The molecule has 2 aromatic rings. The van der Waals surface area contributed by atoms with Crippen LogP contribution in [0.15, 0.2) is 30.3 Å². The van der Waals surface area contributed by atoms with Crippen LogP contribution in [0.2, 0.25) is 5.02 Å². The monoisotopic (exact) mass is 362 g/mol. The molecule has 1 aromatic heterocycles. The average molecular weight is 363 g/mol. The third-order valence-electron chi connectivity index (χ3n) is 4.56. The number of piperazine rings is 1. The summed E-state index contributed by atoms with van der Waals surface area (Å²) >= 11 is 5.85. The van der Waals surface area contributed by atoms with Gasteiger partial charge in [0.1, 0.15) is 18.2 Å². The van der Waals surface area contributed by atoms with E-state index in [-0.39, 0.29) is 5.82 Å². The van der Waals surface area contributed by atoms with Crippen LogP contribution < -0.4 is 19.9 Å². The molecule has 0 spiro atoms. The topological polar surface area (TPSA) is 40.6 Å². The van der Waals surface area contributed by atoms with Gasteiger partial charge < -0.3 is 19.9 Å². The van der Waals surface area contributed by atoms with Crippen LogP contribution in [0, 0.1) is 5.82 Å². The second-order valence-corrected chi connectivity index (χ2v) is 6.67. The van der Waals surface area contributed by atoms with Gasteiger partial charge in [0, 0.05) is 43.3 Å². The van der Waals surface area contributed by atoms with Gasteiger partial charge in [-0.15, -0.1) is 0 Å². The molecule has 1 aromatic carbocycles. The zero-order chi connectivity index (χ0) is 17.2. The molecule has 132 valence electrons. The highest BCUT2D eigenvalue weighted by Gasteiger charge is 2.23.